The lowest BCUT2D eigenvalue weighted by atomic mass is 10.1. The molecule has 0 radical (unpaired) electrons. The molecule has 1 fully saturated rings. The Morgan fingerprint density at radius 3 is 2.92 bits per heavy atom. The van der Waals surface area contributed by atoms with E-state index in [-0.39, 0.29) is 12.7 Å². The van der Waals surface area contributed by atoms with Gasteiger partial charge in [0.1, 0.15) is 24.3 Å². The van der Waals surface area contributed by atoms with E-state index in [0.29, 0.717) is 13.2 Å². The molecule has 2 heterocycles. The average Bonchev–Trinajstić information content (AvgIpc) is 2.67. The second-order valence-electron chi connectivity index (χ2n) is 6.63. The van der Waals surface area contributed by atoms with Crippen molar-refractivity contribution in [2.45, 2.75) is 12.6 Å². The largest absolute Gasteiger partial charge is 0.491 e. The molecule has 6 heteroatoms. The first kappa shape index (κ1) is 18.6. The topological polar surface area (TPSA) is 58.1 Å². The Morgan fingerprint density at radius 1 is 1.27 bits per heavy atom. The molecule has 1 saturated heterocycles. The minimum Gasteiger partial charge on any atom is -0.491 e. The number of hydrogen-bond donors (Lipinski definition) is 1. The Morgan fingerprint density at radius 2 is 2.12 bits per heavy atom. The molecule has 0 saturated carbocycles. The SMILES string of the molecule is CN(C)c1cccc([C@H]2CN(Cc3cccc(OCCO)c3)CCO2)n1. The predicted octanol–water partition coefficient (Wildman–Crippen LogP) is 2.09. The molecule has 0 aliphatic carbocycles. The summed E-state index contributed by atoms with van der Waals surface area (Å²) in [5, 5.41) is 8.89. The van der Waals surface area contributed by atoms with Crippen LogP contribution in [0.25, 0.3) is 0 Å². The summed E-state index contributed by atoms with van der Waals surface area (Å²) in [6.45, 7) is 3.57. The van der Waals surface area contributed by atoms with Gasteiger partial charge < -0.3 is 19.5 Å². The number of morpholine rings is 1. The molecule has 0 unspecified atom stereocenters. The number of hydrogen-bond acceptors (Lipinski definition) is 6. The summed E-state index contributed by atoms with van der Waals surface area (Å²) in [4.78, 5) is 9.10. The van der Waals surface area contributed by atoms with E-state index in [9.17, 15) is 0 Å². The maximum atomic E-state index is 8.89. The molecular formula is C20H27N3O3. The Hall–Kier alpha value is -2.15. The number of ether oxygens (including phenoxy) is 2. The molecule has 0 amide bonds. The van der Waals surface area contributed by atoms with E-state index < -0.39 is 0 Å². The van der Waals surface area contributed by atoms with Crippen LogP contribution in [0.1, 0.15) is 17.4 Å². The van der Waals surface area contributed by atoms with Gasteiger partial charge in [-0.15, -0.1) is 0 Å². The van der Waals surface area contributed by atoms with Crippen molar-refractivity contribution in [3.05, 3.63) is 53.7 Å². The van der Waals surface area contributed by atoms with Gasteiger partial charge in [-0.3, -0.25) is 4.90 Å². The zero-order valence-corrected chi connectivity index (χ0v) is 15.5. The molecule has 3 rings (SSSR count). The summed E-state index contributed by atoms with van der Waals surface area (Å²) in [5.41, 5.74) is 2.16. The molecule has 1 atom stereocenters. The second kappa shape index (κ2) is 8.98. The van der Waals surface area contributed by atoms with Gasteiger partial charge in [-0.25, -0.2) is 4.98 Å². The van der Waals surface area contributed by atoms with Crippen molar-refractivity contribution in [1.29, 1.82) is 0 Å². The number of pyridine rings is 1. The molecule has 1 N–H and O–H groups in total. The van der Waals surface area contributed by atoms with Crippen molar-refractivity contribution >= 4 is 5.82 Å². The lowest BCUT2D eigenvalue weighted by molar-refractivity contribution is -0.0349. The highest BCUT2D eigenvalue weighted by molar-refractivity contribution is 5.37. The number of nitrogens with zero attached hydrogens (tertiary/aromatic N) is 3. The fourth-order valence-corrected chi connectivity index (χ4v) is 3.05. The second-order valence-corrected chi connectivity index (χ2v) is 6.63. The van der Waals surface area contributed by atoms with E-state index in [2.05, 4.69) is 11.0 Å². The van der Waals surface area contributed by atoms with Crippen molar-refractivity contribution in [2.24, 2.45) is 0 Å². The molecule has 2 aromatic rings. The van der Waals surface area contributed by atoms with E-state index >= 15 is 0 Å². The minimum atomic E-state index is -0.0162. The number of rotatable bonds is 7. The third-order valence-corrected chi connectivity index (χ3v) is 4.36. The highest BCUT2D eigenvalue weighted by Crippen LogP contribution is 2.24. The van der Waals surface area contributed by atoms with Crippen LogP contribution in [0.4, 0.5) is 5.82 Å². The Labute approximate surface area is 155 Å². The van der Waals surface area contributed by atoms with Crippen molar-refractivity contribution in [3.8, 4) is 5.75 Å². The van der Waals surface area contributed by atoms with E-state index in [1.807, 2.05) is 55.4 Å². The van der Waals surface area contributed by atoms with Crippen LogP contribution in [0.5, 0.6) is 5.75 Å². The van der Waals surface area contributed by atoms with Gasteiger partial charge in [0, 0.05) is 33.7 Å². The fourth-order valence-electron chi connectivity index (χ4n) is 3.05. The molecule has 140 valence electrons. The van der Waals surface area contributed by atoms with Gasteiger partial charge in [0.05, 0.1) is 18.9 Å². The zero-order chi connectivity index (χ0) is 18.4. The van der Waals surface area contributed by atoms with Crippen molar-refractivity contribution < 1.29 is 14.6 Å². The van der Waals surface area contributed by atoms with Gasteiger partial charge in [-0.05, 0) is 29.8 Å². The quantitative estimate of drug-likeness (QED) is 0.819. The molecule has 1 aliphatic rings. The van der Waals surface area contributed by atoms with Crippen LogP contribution in [-0.2, 0) is 11.3 Å². The van der Waals surface area contributed by atoms with Gasteiger partial charge in [-0.1, -0.05) is 18.2 Å². The third kappa shape index (κ3) is 4.94. The van der Waals surface area contributed by atoms with Crippen molar-refractivity contribution in [2.75, 3.05) is 51.9 Å². The van der Waals surface area contributed by atoms with Gasteiger partial charge in [0.2, 0.25) is 0 Å². The van der Waals surface area contributed by atoms with Crippen LogP contribution in [0.3, 0.4) is 0 Å². The van der Waals surface area contributed by atoms with E-state index in [1.165, 1.54) is 5.56 Å². The van der Waals surface area contributed by atoms with Crippen LogP contribution in [0.2, 0.25) is 0 Å². The Kier molecular flexibility index (Phi) is 6.44. The smallest absolute Gasteiger partial charge is 0.128 e. The number of aliphatic hydroxyl groups is 1. The maximum absolute atomic E-state index is 8.89. The molecular weight excluding hydrogens is 330 g/mol. The molecule has 0 bridgehead atoms. The predicted molar refractivity (Wildman–Crippen MR) is 102 cm³/mol. The number of aromatic nitrogens is 1. The van der Waals surface area contributed by atoms with Crippen LogP contribution >= 0.6 is 0 Å². The van der Waals surface area contributed by atoms with Crippen molar-refractivity contribution in [1.82, 2.24) is 9.88 Å². The number of benzene rings is 1. The highest BCUT2D eigenvalue weighted by Gasteiger charge is 2.23. The standard InChI is InChI=1S/C20H27N3O3/c1-22(2)20-8-4-7-18(21-20)19-15-23(9-11-26-19)14-16-5-3-6-17(13-16)25-12-10-24/h3-8,13,19,24H,9-12,14-15H2,1-2H3/t19-/m1/s1. The van der Waals surface area contributed by atoms with Crippen molar-refractivity contribution in [3.63, 3.8) is 0 Å². The van der Waals surface area contributed by atoms with Gasteiger partial charge in [0.15, 0.2) is 0 Å². The van der Waals surface area contributed by atoms with Gasteiger partial charge in [-0.2, -0.15) is 0 Å². The normalized spacial score (nSPS) is 17.9. The molecule has 1 aromatic carbocycles. The van der Waals surface area contributed by atoms with Gasteiger partial charge >= 0.3 is 0 Å². The summed E-state index contributed by atoms with van der Waals surface area (Å²) in [7, 11) is 3.98. The molecule has 1 aliphatic heterocycles. The Balaban J connectivity index is 1.64. The fraction of sp³-hybridized carbons (Fsp3) is 0.450. The molecule has 0 spiro atoms. The van der Waals surface area contributed by atoms with Crippen LogP contribution < -0.4 is 9.64 Å². The van der Waals surface area contributed by atoms with Gasteiger partial charge in [0.25, 0.3) is 0 Å². The summed E-state index contributed by atoms with van der Waals surface area (Å²) < 4.78 is 11.5. The van der Waals surface area contributed by atoms with Crippen LogP contribution in [0.15, 0.2) is 42.5 Å². The molecule has 1 aromatic heterocycles. The first-order chi connectivity index (χ1) is 12.7. The van der Waals surface area contributed by atoms with Crippen LogP contribution in [-0.4, -0.2) is 62.0 Å². The Bertz CT molecular complexity index is 708. The lowest BCUT2D eigenvalue weighted by Crippen LogP contribution is -2.38. The highest BCUT2D eigenvalue weighted by atomic mass is 16.5. The van der Waals surface area contributed by atoms with E-state index in [0.717, 1.165) is 36.9 Å². The molecule has 26 heavy (non-hydrogen) atoms. The summed E-state index contributed by atoms with van der Waals surface area (Å²) in [5.74, 6) is 1.73. The van der Waals surface area contributed by atoms with E-state index in [1.54, 1.807) is 0 Å². The maximum Gasteiger partial charge on any atom is 0.128 e. The first-order valence-corrected chi connectivity index (χ1v) is 8.96. The lowest BCUT2D eigenvalue weighted by Gasteiger charge is -2.33. The van der Waals surface area contributed by atoms with E-state index in [4.69, 9.17) is 19.6 Å². The average molecular weight is 357 g/mol. The minimum absolute atomic E-state index is 0.0162. The summed E-state index contributed by atoms with van der Waals surface area (Å²) >= 11 is 0. The number of aliphatic hydroxyl groups excluding tert-OH is 1. The summed E-state index contributed by atoms with van der Waals surface area (Å²) in [6.07, 6.45) is -0.0162. The monoisotopic (exact) mass is 357 g/mol. The van der Waals surface area contributed by atoms with Crippen LogP contribution in [0, 0.1) is 0 Å². The number of anilines is 1. The molecule has 6 nitrogen and oxygen atoms in total. The third-order valence-electron chi connectivity index (χ3n) is 4.36. The zero-order valence-electron chi connectivity index (χ0n) is 15.5. The first-order valence-electron chi connectivity index (χ1n) is 8.96. The summed E-state index contributed by atoms with van der Waals surface area (Å²) in [6, 6.07) is 14.1.